The first-order valence-electron chi connectivity index (χ1n) is 9.98. The monoisotopic (exact) mass is 460 g/mol. The van der Waals surface area contributed by atoms with Crippen LogP contribution in [-0.2, 0) is 26.0 Å². The first-order chi connectivity index (χ1) is 15.4. The Labute approximate surface area is 184 Å². The molecule has 1 N–H and O–H groups in total. The zero-order valence-electron chi connectivity index (χ0n) is 17.0. The molecule has 1 aromatic heterocycles. The van der Waals surface area contributed by atoms with Gasteiger partial charge in [0.1, 0.15) is 5.82 Å². The average Bonchev–Trinajstić information content (AvgIpc) is 3.28. The molecule has 4 rings (SSSR count). The Balaban J connectivity index is 1.36. The first-order valence-corrected chi connectivity index (χ1v) is 11.4. The number of morpholine rings is 1. The minimum atomic E-state index is -3.58. The fourth-order valence-electron chi connectivity index (χ4n) is 3.20. The highest BCUT2D eigenvalue weighted by Crippen LogP contribution is 2.22. The van der Waals surface area contributed by atoms with Gasteiger partial charge in [0.05, 0.1) is 18.1 Å². The molecule has 9 nitrogen and oxygen atoms in total. The van der Waals surface area contributed by atoms with E-state index in [1.165, 1.54) is 34.6 Å². The van der Waals surface area contributed by atoms with Crippen LogP contribution in [0.15, 0.2) is 57.9 Å². The summed E-state index contributed by atoms with van der Waals surface area (Å²) < 4.78 is 50.4. The molecule has 0 bridgehead atoms. The van der Waals surface area contributed by atoms with Gasteiger partial charge in [-0.3, -0.25) is 4.79 Å². The summed E-state index contributed by atoms with van der Waals surface area (Å²) in [7, 11) is -3.58. The molecule has 0 saturated carbocycles. The third kappa shape index (κ3) is 5.18. The van der Waals surface area contributed by atoms with Gasteiger partial charge >= 0.3 is 0 Å². The predicted molar refractivity (Wildman–Crippen MR) is 113 cm³/mol. The van der Waals surface area contributed by atoms with Crippen molar-refractivity contribution in [1.82, 2.24) is 14.4 Å². The van der Waals surface area contributed by atoms with Crippen molar-refractivity contribution in [3.63, 3.8) is 0 Å². The van der Waals surface area contributed by atoms with Gasteiger partial charge < -0.3 is 14.6 Å². The molecule has 2 heterocycles. The summed E-state index contributed by atoms with van der Waals surface area (Å²) in [5, 5.41) is 6.50. The lowest BCUT2D eigenvalue weighted by Crippen LogP contribution is -2.40. The van der Waals surface area contributed by atoms with E-state index in [9.17, 15) is 17.6 Å². The van der Waals surface area contributed by atoms with Crippen LogP contribution in [-0.4, -0.2) is 55.1 Å². The fraction of sp³-hybridized carbons (Fsp3) is 0.286. The van der Waals surface area contributed by atoms with Gasteiger partial charge in [-0.1, -0.05) is 11.2 Å². The molecular weight excluding hydrogens is 439 g/mol. The number of aromatic nitrogens is 2. The number of amides is 1. The van der Waals surface area contributed by atoms with E-state index < -0.39 is 15.8 Å². The highest BCUT2D eigenvalue weighted by molar-refractivity contribution is 7.89. The van der Waals surface area contributed by atoms with Gasteiger partial charge in [0.2, 0.25) is 27.6 Å². The number of ether oxygens (including phenoxy) is 1. The lowest BCUT2D eigenvalue weighted by atomic mass is 10.2. The lowest BCUT2D eigenvalue weighted by molar-refractivity contribution is -0.116. The molecule has 1 fully saturated rings. The van der Waals surface area contributed by atoms with Crippen molar-refractivity contribution < 1.29 is 26.9 Å². The number of sulfonamides is 1. The van der Waals surface area contributed by atoms with E-state index in [1.54, 1.807) is 18.2 Å². The highest BCUT2D eigenvalue weighted by atomic mass is 32.2. The largest absolute Gasteiger partial charge is 0.379 e. The number of halogens is 1. The summed E-state index contributed by atoms with van der Waals surface area (Å²) in [5.74, 6) is -0.193. The minimum Gasteiger partial charge on any atom is -0.379 e. The first kappa shape index (κ1) is 22.1. The van der Waals surface area contributed by atoms with Crippen LogP contribution in [0.3, 0.4) is 0 Å². The van der Waals surface area contributed by atoms with Crippen LogP contribution in [0, 0.1) is 5.82 Å². The lowest BCUT2D eigenvalue weighted by Gasteiger charge is -2.26. The topological polar surface area (TPSA) is 115 Å². The number of nitrogens with zero attached hydrogens (tertiary/aromatic N) is 3. The number of carbonyl (C=O) groups is 1. The Kier molecular flexibility index (Phi) is 6.58. The van der Waals surface area contributed by atoms with Crippen LogP contribution in [0.4, 0.5) is 10.1 Å². The van der Waals surface area contributed by atoms with E-state index >= 15 is 0 Å². The van der Waals surface area contributed by atoms with E-state index in [-0.39, 0.29) is 29.5 Å². The van der Waals surface area contributed by atoms with E-state index in [0.29, 0.717) is 43.4 Å². The molecule has 1 aliphatic rings. The third-order valence-corrected chi connectivity index (χ3v) is 6.78. The molecule has 0 aliphatic carbocycles. The Morgan fingerprint density at radius 3 is 2.59 bits per heavy atom. The predicted octanol–water partition coefficient (Wildman–Crippen LogP) is 2.47. The van der Waals surface area contributed by atoms with Gasteiger partial charge in [-0.2, -0.15) is 9.29 Å². The quantitative estimate of drug-likeness (QED) is 0.576. The highest BCUT2D eigenvalue weighted by Gasteiger charge is 2.26. The van der Waals surface area contributed by atoms with Crippen molar-refractivity contribution in [2.75, 3.05) is 31.6 Å². The molecule has 1 amide bonds. The average molecular weight is 460 g/mol. The molecule has 0 spiro atoms. The second-order valence-corrected chi connectivity index (χ2v) is 9.05. The van der Waals surface area contributed by atoms with Crippen molar-refractivity contribution in [3.8, 4) is 11.4 Å². The van der Waals surface area contributed by atoms with E-state index in [1.807, 2.05) is 0 Å². The van der Waals surface area contributed by atoms with Crippen LogP contribution < -0.4 is 5.32 Å². The summed E-state index contributed by atoms with van der Waals surface area (Å²) in [6.45, 7) is 1.41. The van der Waals surface area contributed by atoms with Crippen molar-refractivity contribution in [2.45, 2.75) is 17.7 Å². The van der Waals surface area contributed by atoms with Gasteiger partial charge in [0, 0.05) is 37.2 Å². The fourth-order valence-corrected chi connectivity index (χ4v) is 4.60. The number of hydrogen-bond donors (Lipinski definition) is 1. The van der Waals surface area contributed by atoms with E-state index in [2.05, 4.69) is 15.5 Å². The van der Waals surface area contributed by atoms with E-state index in [4.69, 9.17) is 9.26 Å². The number of carbonyl (C=O) groups excluding carboxylic acids is 1. The molecule has 1 aliphatic heterocycles. The van der Waals surface area contributed by atoms with Crippen molar-refractivity contribution >= 4 is 21.6 Å². The van der Waals surface area contributed by atoms with Crippen LogP contribution in [0.25, 0.3) is 11.4 Å². The number of hydrogen-bond acceptors (Lipinski definition) is 7. The molecule has 3 aromatic rings. The van der Waals surface area contributed by atoms with Crippen molar-refractivity contribution in [1.29, 1.82) is 0 Å². The third-order valence-electron chi connectivity index (χ3n) is 4.86. The molecule has 2 aromatic carbocycles. The zero-order chi connectivity index (χ0) is 22.6. The molecular formula is C21H21FN4O5S. The van der Waals surface area contributed by atoms with Gasteiger partial charge in [-0.25, -0.2) is 12.8 Å². The number of rotatable bonds is 7. The normalized spacial score (nSPS) is 14.9. The maximum Gasteiger partial charge on any atom is 0.243 e. The Hall–Kier alpha value is -3.15. The van der Waals surface area contributed by atoms with Crippen molar-refractivity contribution in [2.24, 2.45) is 0 Å². The maximum atomic E-state index is 13.2. The van der Waals surface area contributed by atoms with Crippen molar-refractivity contribution in [3.05, 3.63) is 60.2 Å². The minimum absolute atomic E-state index is 0.0783. The van der Waals surface area contributed by atoms with Crippen LogP contribution in [0.1, 0.15) is 12.3 Å². The Morgan fingerprint density at radius 2 is 1.88 bits per heavy atom. The van der Waals surface area contributed by atoms with Crippen LogP contribution in [0.2, 0.25) is 0 Å². The number of aryl methyl sites for hydroxylation is 1. The van der Waals surface area contributed by atoms with Crippen LogP contribution in [0.5, 0.6) is 0 Å². The maximum absolute atomic E-state index is 13.2. The van der Waals surface area contributed by atoms with Gasteiger partial charge in [0.15, 0.2) is 0 Å². The Morgan fingerprint density at radius 1 is 1.12 bits per heavy atom. The second kappa shape index (κ2) is 9.55. The van der Waals surface area contributed by atoms with Gasteiger partial charge in [-0.15, -0.1) is 0 Å². The van der Waals surface area contributed by atoms with Gasteiger partial charge in [-0.05, 0) is 42.5 Å². The smallest absolute Gasteiger partial charge is 0.243 e. The second-order valence-electron chi connectivity index (χ2n) is 7.11. The summed E-state index contributed by atoms with van der Waals surface area (Å²) in [6.07, 6.45) is 0.284. The molecule has 32 heavy (non-hydrogen) atoms. The number of anilines is 1. The Bertz CT molecular complexity index is 1190. The van der Waals surface area contributed by atoms with E-state index in [0.717, 1.165) is 0 Å². The number of benzene rings is 2. The van der Waals surface area contributed by atoms with Gasteiger partial charge in [0.25, 0.3) is 0 Å². The summed E-state index contributed by atoms with van der Waals surface area (Å²) in [6, 6.07) is 11.8. The molecule has 168 valence electrons. The molecule has 0 atom stereocenters. The molecule has 1 saturated heterocycles. The molecule has 11 heteroatoms. The number of nitrogens with one attached hydrogen (secondary N) is 1. The SMILES string of the molecule is O=C(CCc1nc(-c2ccc(S(=O)(=O)N3CCOCC3)cc2)no1)Nc1cccc(F)c1. The standard InChI is InChI=1S/C21H21FN4O5S/c22-16-2-1-3-17(14-16)23-19(27)8-9-20-24-21(25-31-20)15-4-6-18(7-5-15)32(28,29)26-10-12-30-13-11-26/h1-7,14H,8-13H2,(H,23,27). The zero-order valence-corrected chi connectivity index (χ0v) is 17.8. The molecule has 0 unspecified atom stereocenters. The van der Waals surface area contributed by atoms with Crippen LogP contribution >= 0.6 is 0 Å². The summed E-state index contributed by atoms with van der Waals surface area (Å²) in [4.78, 5) is 16.5. The summed E-state index contributed by atoms with van der Waals surface area (Å²) in [5.41, 5.74) is 0.957. The summed E-state index contributed by atoms with van der Waals surface area (Å²) >= 11 is 0. The molecule has 0 radical (unpaired) electrons.